The van der Waals surface area contributed by atoms with Crippen LogP contribution in [0.4, 0.5) is 0 Å². The van der Waals surface area contributed by atoms with Crippen LogP contribution in [0.5, 0.6) is 0 Å². The zero-order chi connectivity index (χ0) is 23.7. The number of hydrogen-bond donors (Lipinski definition) is 1. The standard InChI is InChI=1S/C15H31N.C12H24.C2H6/c1-5-12(6-2)14(7-3)13-8-9-15(16)11(4)10-13;1-9-7-10(11(2,3)4)12(5,6)8-9;1-2/h11-15H,5-10,16H2,1-4H3;9-10H,7-8H2,1-6H3;1-2H3. The lowest BCUT2D eigenvalue weighted by Gasteiger charge is -2.39. The summed E-state index contributed by atoms with van der Waals surface area (Å²) in [5, 5.41) is 0. The minimum atomic E-state index is 0.468. The monoisotopic (exact) mass is 423 g/mol. The van der Waals surface area contributed by atoms with Gasteiger partial charge in [0, 0.05) is 6.04 Å². The minimum Gasteiger partial charge on any atom is -0.327 e. The Morgan fingerprint density at radius 1 is 0.900 bits per heavy atom. The third kappa shape index (κ3) is 8.84. The van der Waals surface area contributed by atoms with Gasteiger partial charge >= 0.3 is 0 Å². The van der Waals surface area contributed by atoms with Crippen LogP contribution in [-0.2, 0) is 0 Å². The van der Waals surface area contributed by atoms with Gasteiger partial charge in [-0.3, -0.25) is 0 Å². The van der Waals surface area contributed by atoms with Crippen molar-refractivity contribution in [3.63, 3.8) is 0 Å². The lowest BCUT2D eigenvalue weighted by atomic mass is 9.68. The van der Waals surface area contributed by atoms with Crippen molar-refractivity contribution in [2.24, 2.45) is 52.1 Å². The first-order valence-corrected chi connectivity index (χ1v) is 13.6. The molecule has 0 heterocycles. The van der Waals surface area contributed by atoms with E-state index < -0.39 is 0 Å². The van der Waals surface area contributed by atoms with Crippen molar-refractivity contribution in [1.82, 2.24) is 0 Å². The van der Waals surface area contributed by atoms with Crippen molar-refractivity contribution < 1.29 is 0 Å². The largest absolute Gasteiger partial charge is 0.327 e. The van der Waals surface area contributed by atoms with Gasteiger partial charge in [-0.2, -0.15) is 0 Å². The molecule has 0 amide bonds. The normalized spacial score (nSPS) is 32.0. The average Bonchev–Trinajstić information content (AvgIpc) is 2.96. The molecule has 182 valence electrons. The fourth-order valence-electron chi connectivity index (χ4n) is 7.17. The summed E-state index contributed by atoms with van der Waals surface area (Å²) in [6.45, 7) is 27.9. The Bertz CT molecular complexity index is 428. The van der Waals surface area contributed by atoms with Gasteiger partial charge in [-0.1, -0.05) is 102 Å². The molecule has 0 radical (unpaired) electrons. The van der Waals surface area contributed by atoms with Crippen LogP contribution in [0.25, 0.3) is 0 Å². The highest BCUT2D eigenvalue weighted by atomic mass is 14.7. The summed E-state index contributed by atoms with van der Waals surface area (Å²) in [6.07, 6.45) is 10.9. The van der Waals surface area contributed by atoms with Crippen LogP contribution in [-0.4, -0.2) is 6.04 Å². The van der Waals surface area contributed by atoms with Gasteiger partial charge < -0.3 is 5.73 Å². The smallest absolute Gasteiger partial charge is 0.00647 e. The van der Waals surface area contributed by atoms with E-state index >= 15 is 0 Å². The van der Waals surface area contributed by atoms with Crippen LogP contribution >= 0.6 is 0 Å². The van der Waals surface area contributed by atoms with Crippen LogP contribution in [0.3, 0.4) is 0 Å². The van der Waals surface area contributed by atoms with Gasteiger partial charge in [0.25, 0.3) is 0 Å². The zero-order valence-corrected chi connectivity index (χ0v) is 23.3. The van der Waals surface area contributed by atoms with E-state index in [9.17, 15) is 0 Å². The molecule has 2 fully saturated rings. The Balaban J connectivity index is 0.000000535. The van der Waals surface area contributed by atoms with E-state index in [0.29, 0.717) is 16.9 Å². The average molecular weight is 424 g/mol. The summed E-state index contributed by atoms with van der Waals surface area (Å²) in [5.41, 5.74) is 7.18. The fraction of sp³-hybridized carbons (Fsp3) is 1.00. The molecule has 0 saturated heterocycles. The summed E-state index contributed by atoms with van der Waals surface area (Å²) in [6, 6.07) is 0.468. The molecule has 0 spiro atoms. The van der Waals surface area contributed by atoms with Crippen LogP contribution in [0.15, 0.2) is 0 Å². The van der Waals surface area contributed by atoms with Crippen molar-refractivity contribution in [3.8, 4) is 0 Å². The van der Waals surface area contributed by atoms with Crippen molar-refractivity contribution in [2.75, 3.05) is 0 Å². The molecule has 0 aromatic heterocycles. The molecule has 2 rings (SSSR count). The highest BCUT2D eigenvalue weighted by Crippen LogP contribution is 2.53. The third-order valence-corrected chi connectivity index (χ3v) is 8.51. The van der Waals surface area contributed by atoms with E-state index in [4.69, 9.17) is 5.73 Å². The molecule has 0 aliphatic heterocycles. The maximum absolute atomic E-state index is 6.12. The van der Waals surface area contributed by atoms with Crippen molar-refractivity contribution in [1.29, 1.82) is 0 Å². The molecule has 6 atom stereocenters. The van der Waals surface area contributed by atoms with Gasteiger partial charge in [0.15, 0.2) is 0 Å². The highest BCUT2D eigenvalue weighted by molar-refractivity contribution is 4.94. The molecule has 0 aromatic rings. The molecule has 6 unspecified atom stereocenters. The van der Waals surface area contributed by atoms with E-state index in [1.165, 1.54) is 51.4 Å². The number of nitrogens with two attached hydrogens (primary N) is 1. The van der Waals surface area contributed by atoms with Crippen molar-refractivity contribution in [3.05, 3.63) is 0 Å². The second kappa shape index (κ2) is 13.5. The molecule has 1 nitrogen and oxygen atoms in total. The van der Waals surface area contributed by atoms with E-state index in [1.807, 2.05) is 13.8 Å². The maximum atomic E-state index is 6.12. The number of hydrogen-bond acceptors (Lipinski definition) is 1. The molecular weight excluding hydrogens is 362 g/mol. The van der Waals surface area contributed by atoms with E-state index in [-0.39, 0.29) is 0 Å². The Morgan fingerprint density at radius 3 is 1.73 bits per heavy atom. The van der Waals surface area contributed by atoms with Gasteiger partial charge in [0.05, 0.1) is 0 Å². The second-order valence-corrected chi connectivity index (χ2v) is 12.3. The lowest BCUT2D eigenvalue weighted by Crippen LogP contribution is -2.37. The van der Waals surface area contributed by atoms with Gasteiger partial charge in [0.2, 0.25) is 0 Å². The molecule has 2 aliphatic carbocycles. The predicted molar refractivity (Wildman–Crippen MR) is 139 cm³/mol. The zero-order valence-electron chi connectivity index (χ0n) is 23.3. The van der Waals surface area contributed by atoms with E-state index in [2.05, 4.69) is 69.2 Å². The Hall–Kier alpha value is -0.0400. The highest BCUT2D eigenvalue weighted by Gasteiger charge is 2.44. The Morgan fingerprint density at radius 2 is 1.43 bits per heavy atom. The predicted octanol–water partition coefficient (Wildman–Crippen LogP) is 9.34. The fourth-order valence-corrected chi connectivity index (χ4v) is 7.17. The van der Waals surface area contributed by atoms with E-state index in [1.54, 1.807) is 0 Å². The summed E-state index contributed by atoms with van der Waals surface area (Å²) in [7, 11) is 0. The SMILES string of the molecule is CC.CC1CC(C(C)(C)C)C(C)(C)C1.CCC(CC)C(CC)C1CCC(N)C(C)C1. The summed E-state index contributed by atoms with van der Waals surface area (Å²) in [4.78, 5) is 0. The molecule has 2 saturated carbocycles. The Kier molecular flexibility index (Phi) is 13.5. The first-order valence-electron chi connectivity index (χ1n) is 13.6. The summed E-state index contributed by atoms with van der Waals surface area (Å²) in [5.74, 6) is 5.41. The van der Waals surface area contributed by atoms with E-state index in [0.717, 1.165) is 35.5 Å². The summed E-state index contributed by atoms with van der Waals surface area (Å²) < 4.78 is 0. The molecule has 2 N–H and O–H groups in total. The van der Waals surface area contributed by atoms with Crippen molar-refractivity contribution in [2.45, 2.75) is 140 Å². The van der Waals surface area contributed by atoms with Crippen molar-refractivity contribution >= 4 is 0 Å². The van der Waals surface area contributed by atoms with Gasteiger partial charge in [-0.15, -0.1) is 0 Å². The summed E-state index contributed by atoms with van der Waals surface area (Å²) >= 11 is 0. The maximum Gasteiger partial charge on any atom is 0.00647 e. The number of rotatable bonds is 5. The van der Waals surface area contributed by atoms with Gasteiger partial charge in [-0.25, -0.2) is 0 Å². The molecule has 1 heteroatoms. The first-order chi connectivity index (χ1) is 13.9. The topological polar surface area (TPSA) is 26.0 Å². The first kappa shape index (κ1) is 30.0. The van der Waals surface area contributed by atoms with Crippen LogP contribution in [0, 0.1) is 46.3 Å². The molecular formula is C29H61N. The van der Waals surface area contributed by atoms with Gasteiger partial charge in [-0.05, 0) is 78.4 Å². The molecule has 0 bridgehead atoms. The van der Waals surface area contributed by atoms with Crippen LogP contribution < -0.4 is 5.73 Å². The third-order valence-electron chi connectivity index (χ3n) is 8.51. The molecule has 30 heavy (non-hydrogen) atoms. The Labute approximate surface area is 192 Å². The molecule has 0 aromatic carbocycles. The second-order valence-electron chi connectivity index (χ2n) is 12.3. The van der Waals surface area contributed by atoms with Gasteiger partial charge in [0.1, 0.15) is 0 Å². The minimum absolute atomic E-state index is 0.468. The quantitative estimate of drug-likeness (QED) is 0.468. The molecule has 2 aliphatic rings. The van der Waals surface area contributed by atoms with Crippen LogP contribution in [0.2, 0.25) is 0 Å². The van der Waals surface area contributed by atoms with Crippen LogP contribution in [0.1, 0.15) is 134 Å². The lowest BCUT2D eigenvalue weighted by molar-refractivity contribution is 0.120.